The Bertz CT molecular complexity index is 598. The molecule has 0 bridgehead atoms. The van der Waals surface area contributed by atoms with Crippen LogP contribution in [0, 0.1) is 0 Å². The van der Waals surface area contributed by atoms with Crippen molar-refractivity contribution in [2.45, 2.75) is 6.42 Å². The number of benzene rings is 2. The minimum absolute atomic E-state index is 0.00921. The molecule has 0 spiro atoms. The van der Waals surface area contributed by atoms with Crippen LogP contribution >= 0.6 is 0 Å². The third kappa shape index (κ3) is 2.75. The summed E-state index contributed by atoms with van der Waals surface area (Å²) in [6.07, 6.45) is 1.00. The van der Waals surface area contributed by atoms with Gasteiger partial charge in [-0.1, -0.05) is 36.4 Å². The highest BCUT2D eigenvalue weighted by molar-refractivity contribution is 6.01. The van der Waals surface area contributed by atoms with E-state index in [9.17, 15) is 4.79 Å². The highest BCUT2D eigenvalue weighted by atomic mass is 16.2. The molecular formula is C16H19N3O. The lowest BCUT2D eigenvalue weighted by Gasteiger charge is -2.21. The number of carbonyl (C=O) groups is 1. The van der Waals surface area contributed by atoms with E-state index in [0.29, 0.717) is 0 Å². The summed E-state index contributed by atoms with van der Waals surface area (Å²) in [7, 11) is 0. The Morgan fingerprint density at radius 1 is 1.05 bits per heavy atom. The molecule has 1 saturated heterocycles. The van der Waals surface area contributed by atoms with Crippen LogP contribution in [-0.2, 0) is 0 Å². The molecule has 4 heteroatoms. The van der Waals surface area contributed by atoms with E-state index in [1.54, 1.807) is 0 Å². The van der Waals surface area contributed by atoms with Crippen molar-refractivity contribution in [2.24, 2.45) is 0 Å². The molecule has 2 amide bonds. The van der Waals surface area contributed by atoms with Crippen LogP contribution in [-0.4, -0.2) is 37.1 Å². The maximum Gasteiger partial charge on any atom is 0.321 e. The molecule has 1 fully saturated rings. The number of urea groups is 1. The van der Waals surface area contributed by atoms with Crippen LogP contribution in [0.5, 0.6) is 0 Å². The van der Waals surface area contributed by atoms with Gasteiger partial charge in [-0.15, -0.1) is 0 Å². The highest BCUT2D eigenvalue weighted by Crippen LogP contribution is 2.23. The Morgan fingerprint density at radius 3 is 2.85 bits per heavy atom. The molecule has 0 atom stereocenters. The van der Waals surface area contributed by atoms with Crippen molar-refractivity contribution in [3.63, 3.8) is 0 Å². The van der Waals surface area contributed by atoms with E-state index >= 15 is 0 Å². The number of amides is 2. The van der Waals surface area contributed by atoms with Gasteiger partial charge in [0.25, 0.3) is 0 Å². The van der Waals surface area contributed by atoms with Gasteiger partial charge < -0.3 is 15.5 Å². The molecule has 2 N–H and O–H groups in total. The average Bonchev–Trinajstić information content (AvgIpc) is 2.77. The fourth-order valence-corrected chi connectivity index (χ4v) is 2.58. The Kier molecular flexibility index (Phi) is 3.83. The van der Waals surface area contributed by atoms with Crippen molar-refractivity contribution < 1.29 is 4.79 Å². The van der Waals surface area contributed by atoms with Crippen molar-refractivity contribution in [2.75, 3.05) is 31.5 Å². The molecule has 1 heterocycles. The molecule has 1 aliphatic rings. The molecule has 0 radical (unpaired) electrons. The number of anilines is 1. The summed E-state index contributed by atoms with van der Waals surface area (Å²) in [6.45, 7) is 3.42. The van der Waals surface area contributed by atoms with E-state index in [2.05, 4.69) is 22.8 Å². The summed E-state index contributed by atoms with van der Waals surface area (Å²) in [5.74, 6) is 0. The zero-order valence-corrected chi connectivity index (χ0v) is 11.4. The topological polar surface area (TPSA) is 44.4 Å². The van der Waals surface area contributed by atoms with Crippen molar-refractivity contribution in [3.8, 4) is 0 Å². The minimum atomic E-state index is -0.00921. The molecule has 104 valence electrons. The van der Waals surface area contributed by atoms with Crippen LogP contribution in [0.2, 0.25) is 0 Å². The van der Waals surface area contributed by atoms with E-state index in [4.69, 9.17) is 0 Å². The molecule has 0 unspecified atom stereocenters. The molecule has 0 aromatic heterocycles. The fourth-order valence-electron chi connectivity index (χ4n) is 2.58. The van der Waals surface area contributed by atoms with Gasteiger partial charge in [0.05, 0.1) is 5.69 Å². The number of hydrogen-bond acceptors (Lipinski definition) is 2. The first-order valence-corrected chi connectivity index (χ1v) is 7.09. The van der Waals surface area contributed by atoms with Gasteiger partial charge in [0, 0.05) is 25.0 Å². The number of fused-ring (bicyclic) bond motifs is 1. The minimum Gasteiger partial charge on any atom is -0.323 e. The van der Waals surface area contributed by atoms with Gasteiger partial charge in [-0.25, -0.2) is 4.79 Å². The fraction of sp³-hybridized carbons (Fsp3) is 0.312. The van der Waals surface area contributed by atoms with Gasteiger partial charge in [-0.3, -0.25) is 0 Å². The number of nitrogens with one attached hydrogen (secondary N) is 2. The number of hydrogen-bond donors (Lipinski definition) is 2. The lowest BCUT2D eigenvalue weighted by molar-refractivity contribution is 0.215. The third-order valence-corrected chi connectivity index (χ3v) is 3.66. The lowest BCUT2D eigenvalue weighted by atomic mass is 10.1. The summed E-state index contributed by atoms with van der Waals surface area (Å²) >= 11 is 0. The summed E-state index contributed by atoms with van der Waals surface area (Å²) in [5, 5.41) is 8.57. The van der Waals surface area contributed by atoms with E-state index in [1.165, 1.54) is 0 Å². The second-order valence-electron chi connectivity index (χ2n) is 5.05. The zero-order valence-electron chi connectivity index (χ0n) is 11.4. The van der Waals surface area contributed by atoms with Gasteiger partial charge in [-0.2, -0.15) is 0 Å². The standard InChI is InChI=1S/C16H19N3O/c20-16(19-11-4-9-17-10-12-19)18-15-8-3-6-13-5-1-2-7-14(13)15/h1-3,5-8,17H,4,9-12H2,(H,18,20). The second kappa shape index (κ2) is 5.92. The van der Waals surface area contributed by atoms with Gasteiger partial charge in [0.1, 0.15) is 0 Å². The van der Waals surface area contributed by atoms with Crippen molar-refractivity contribution in [3.05, 3.63) is 42.5 Å². The largest absolute Gasteiger partial charge is 0.323 e. The Hall–Kier alpha value is -2.07. The van der Waals surface area contributed by atoms with E-state index in [-0.39, 0.29) is 6.03 Å². The maximum atomic E-state index is 12.4. The quantitative estimate of drug-likeness (QED) is 0.836. The Morgan fingerprint density at radius 2 is 1.90 bits per heavy atom. The number of nitrogens with zero attached hydrogens (tertiary/aromatic N) is 1. The van der Waals surface area contributed by atoms with Gasteiger partial charge in [0.2, 0.25) is 0 Å². The van der Waals surface area contributed by atoms with Crippen LogP contribution in [0.3, 0.4) is 0 Å². The second-order valence-corrected chi connectivity index (χ2v) is 5.05. The monoisotopic (exact) mass is 269 g/mol. The molecule has 3 rings (SSSR count). The Labute approximate surface area is 118 Å². The zero-order chi connectivity index (χ0) is 13.8. The maximum absolute atomic E-state index is 12.4. The molecule has 0 saturated carbocycles. The van der Waals surface area contributed by atoms with E-state index in [1.807, 2.05) is 35.2 Å². The van der Waals surface area contributed by atoms with Gasteiger partial charge >= 0.3 is 6.03 Å². The van der Waals surface area contributed by atoms with E-state index in [0.717, 1.165) is 49.1 Å². The van der Waals surface area contributed by atoms with Crippen molar-refractivity contribution in [1.82, 2.24) is 10.2 Å². The van der Waals surface area contributed by atoms with Crippen LogP contribution in [0.25, 0.3) is 10.8 Å². The molecule has 20 heavy (non-hydrogen) atoms. The SMILES string of the molecule is O=C(Nc1cccc2ccccc12)N1CCCNCC1. The predicted molar refractivity (Wildman–Crippen MR) is 82.0 cm³/mol. The van der Waals surface area contributed by atoms with Crippen LogP contribution in [0.4, 0.5) is 10.5 Å². The Balaban J connectivity index is 1.80. The number of rotatable bonds is 1. The first-order chi connectivity index (χ1) is 9.84. The molecule has 4 nitrogen and oxygen atoms in total. The molecular weight excluding hydrogens is 250 g/mol. The third-order valence-electron chi connectivity index (χ3n) is 3.66. The first-order valence-electron chi connectivity index (χ1n) is 7.09. The summed E-state index contributed by atoms with van der Waals surface area (Å²) in [6, 6.07) is 14.1. The van der Waals surface area contributed by atoms with Crippen LogP contribution in [0.15, 0.2) is 42.5 Å². The molecule has 0 aliphatic carbocycles. The normalized spacial score (nSPS) is 15.9. The number of carbonyl (C=O) groups excluding carboxylic acids is 1. The first kappa shape index (κ1) is 12.9. The smallest absolute Gasteiger partial charge is 0.321 e. The van der Waals surface area contributed by atoms with Crippen LogP contribution < -0.4 is 10.6 Å². The molecule has 2 aromatic carbocycles. The van der Waals surface area contributed by atoms with E-state index < -0.39 is 0 Å². The van der Waals surface area contributed by atoms with Crippen molar-refractivity contribution in [1.29, 1.82) is 0 Å². The average molecular weight is 269 g/mol. The van der Waals surface area contributed by atoms with Crippen LogP contribution in [0.1, 0.15) is 6.42 Å². The molecule has 1 aliphatic heterocycles. The summed E-state index contributed by atoms with van der Waals surface area (Å²) in [5.41, 5.74) is 0.880. The summed E-state index contributed by atoms with van der Waals surface area (Å²) < 4.78 is 0. The van der Waals surface area contributed by atoms with Gasteiger partial charge in [0.15, 0.2) is 0 Å². The highest BCUT2D eigenvalue weighted by Gasteiger charge is 2.15. The lowest BCUT2D eigenvalue weighted by Crippen LogP contribution is -2.37. The summed E-state index contributed by atoms with van der Waals surface area (Å²) in [4.78, 5) is 14.2. The van der Waals surface area contributed by atoms with Gasteiger partial charge in [-0.05, 0) is 24.4 Å². The van der Waals surface area contributed by atoms with Crippen molar-refractivity contribution >= 4 is 22.5 Å². The molecule has 2 aromatic rings. The predicted octanol–water partition coefficient (Wildman–Crippen LogP) is 2.67.